The predicted octanol–water partition coefficient (Wildman–Crippen LogP) is 2.26. The van der Waals surface area contributed by atoms with Gasteiger partial charge in [-0.05, 0) is 18.9 Å². The van der Waals surface area contributed by atoms with Crippen LogP contribution < -0.4 is 4.74 Å². The molecule has 0 aliphatic carbocycles. The van der Waals surface area contributed by atoms with Gasteiger partial charge in [0.1, 0.15) is 11.4 Å². The van der Waals surface area contributed by atoms with Gasteiger partial charge in [-0.2, -0.15) is 0 Å². The molecule has 1 aromatic carbocycles. The molecule has 1 aromatic rings. The molecule has 0 aromatic heterocycles. The molecule has 4 rings (SSSR count). The molecule has 0 unspecified atom stereocenters. The molecule has 7 nitrogen and oxygen atoms in total. The number of carboxylic acid groups (broad SMARTS) is 1. The highest BCUT2D eigenvalue weighted by molar-refractivity contribution is 5.80. The van der Waals surface area contributed by atoms with Crippen LogP contribution in [0.4, 0.5) is 0 Å². The molecule has 0 bridgehead atoms. The van der Waals surface area contributed by atoms with Crippen molar-refractivity contribution in [3.63, 3.8) is 0 Å². The third kappa shape index (κ3) is 3.82. The van der Waals surface area contributed by atoms with E-state index in [1.165, 1.54) is 0 Å². The summed E-state index contributed by atoms with van der Waals surface area (Å²) in [7, 11) is 0. The third-order valence-corrected chi connectivity index (χ3v) is 6.77. The normalized spacial score (nSPS) is 24.0. The van der Waals surface area contributed by atoms with E-state index in [4.69, 9.17) is 4.74 Å². The molecule has 2 amide bonds. The SMILES string of the molecule is CC(=O)N1CCC(C(=O)N2CCC3(CC2)C[C@H](C(=O)O)c2ccccc2O3)CC1. The quantitative estimate of drug-likeness (QED) is 0.823. The Labute approximate surface area is 170 Å². The van der Waals surface area contributed by atoms with Crippen molar-refractivity contribution in [2.75, 3.05) is 26.2 Å². The molecule has 2 fully saturated rings. The summed E-state index contributed by atoms with van der Waals surface area (Å²) in [5, 5.41) is 9.72. The molecule has 3 heterocycles. The zero-order valence-electron chi connectivity index (χ0n) is 16.8. The van der Waals surface area contributed by atoms with Gasteiger partial charge in [-0.3, -0.25) is 14.4 Å². The van der Waals surface area contributed by atoms with Crippen molar-refractivity contribution < 1.29 is 24.2 Å². The first kappa shape index (κ1) is 19.7. The Balaban J connectivity index is 1.40. The van der Waals surface area contributed by atoms with E-state index < -0.39 is 17.5 Å². The van der Waals surface area contributed by atoms with Crippen molar-refractivity contribution in [1.82, 2.24) is 9.80 Å². The Morgan fingerprint density at radius 1 is 1.03 bits per heavy atom. The minimum atomic E-state index is -0.823. The van der Waals surface area contributed by atoms with E-state index in [9.17, 15) is 19.5 Å². The fourth-order valence-corrected chi connectivity index (χ4v) is 4.98. The van der Waals surface area contributed by atoms with Gasteiger partial charge in [-0.25, -0.2) is 0 Å². The molecule has 1 N–H and O–H groups in total. The Morgan fingerprint density at radius 3 is 2.31 bits per heavy atom. The number of likely N-dealkylation sites (tertiary alicyclic amines) is 2. The number of para-hydroxylation sites is 1. The van der Waals surface area contributed by atoms with Crippen LogP contribution in [0, 0.1) is 5.92 Å². The summed E-state index contributed by atoms with van der Waals surface area (Å²) in [4.78, 5) is 40.0. The zero-order chi connectivity index (χ0) is 20.6. The number of hydrogen-bond donors (Lipinski definition) is 1. The van der Waals surface area contributed by atoms with Gasteiger partial charge in [0, 0.05) is 63.8 Å². The Hall–Kier alpha value is -2.57. The maximum absolute atomic E-state index is 13.0. The predicted molar refractivity (Wildman–Crippen MR) is 106 cm³/mol. The van der Waals surface area contributed by atoms with Gasteiger partial charge in [0.15, 0.2) is 0 Å². The fraction of sp³-hybridized carbons (Fsp3) is 0.591. The monoisotopic (exact) mass is 400 g/mol. The second-order valence-corrected chi connectivity index (χ2v) is 8.52. The number of piperidine rings is 2. The van der Waals surface area contributed by atoms with Crippen LogP contribution in [0.1, 0.15) is 50.5 Å². The number of nitrogens with zero attached hydrogens (tertiary/aromatic N) is 2. The topological polar surface area (TPSA) is 87.2 Å². The Kier molecular flexibility index (Phi) is 5.23. The first-order valence-corrected chi connectivity index (χ1v) is 10.4. The van der Waals surface area contributed by atoms with Gasteiger partial charge in [0.25, 0.3) is 0 Å². The smallest absolute Gasteiger partial charge is 0.311 e. The number of rotatable bonds is 2. The Morgan fingerprint density at radius 2 is 1.69 bits per heavy atom. The van der Waals surface area contributed by atoms with Crippen molar-refractivity contribution in [3.8, 4) is 5.75 Å². The molecule has 3 aliphatic heterocycles. The second kappa shape index (κ2) is 7.69. The van der Waals surface area contributed by atoms with Crippen LogP contribution in [-0.2, 0) is 14.4 Å². The summed E-state index contributed by atoms with van der Waals surface area (Å²) in [6, 6.07) is 7.37. The molecule has 0 saturated carbocycles. The van der Waals surface area contributed by atoms with Gasteiger partial charge in [-0.1, -0.05) is 18.2 Å². The molecular weight excluding hydrogens is 372 g/mol. The van der Waals surface area contributed by atoms with E-state index in [-0.39, 0.29) is 17.7 Å². The van der Waals surface area contributed by atoms with E-state index in [2.05, 4.69) is 0 Å². The third-order valence-electron chi connectivity index (χ3n) is 6.77. The van der Waals surface area contributed by atoms with Crippen LogP contribution in [0.15, 0.2) is 24.3 Å². The summed E-state index contributed by atoms with van der Waals surface area (Å²) < 4.78 is 6.31. The van der Waals surface area contributed by atoms with Gasteiger partial charge in [0.05, 0.1) is 5.92 Å². The molecule has 156 valence electrons. The largest absolute Gasteiger partial charge is 0.487 e. The lowest BCUT2D eigenvalue weighted by atomic mass is 9.77. The van der Waals surface area contributed by atoms with Crippen LogP contribution >= 0.6 is 0 Å². The number of benzene rings is 1. The maximum atomic E-state index is 13.0. The van der Waals surface area contributed by atoms with Crippen molar-refractivity contribution in [2.45, 2.75) is 50.5 Å². The van der Waals surface area contributed by atoms with Crippen LogP contribution in [0.25, 0.3) is 0 Å². The molecular formula is C22H28N2O5. The highest BCUT2D eigenvalue weighted by atomic mass is 16.5. The molecule has 0 radical (unpaired) electrons. The molecule has 1 spiro atoms. The summed E-state index contributed by atoms with van der Waals surface area (Å²) in [5.74, 6) is -0.538. The van der Waals surface area contributed by atoms with Crippen LogP contribution in [0.2, 0.25) is 0 Å². The van der Waals surface area contributed by atoms with E-state index >= 15 is 0 Å². The molecule has 7 heteroatoms. The number of carbonyl (C=O) groups excluding carboxylic acids is 2. The number of amides is 2. The lowest BCUT2D eigenvalue weighted by Crippen LogP contribution is -2.54. The summed E-state index contributed by atoms with van der Waals surface area (Å²) in [6.45, 7) is 4.02. The highest BCUT2D eigenvalue weighted by Crippen LogP contribution is 2.45. The summed E-state index contributed by atoms with van der Waals surface area (Å²) >= 11 is 0. The van der Waals surface area contributed by atoms with Gasteiger partial charge >= 0.3 is 5.97 Å². The van der Waals surface area contributed by atoms with E-state index in [0.717, 1.165) is 5.56 Å². The van der Waals surface area contributed by atoms with Crippen molar-refractivity contribution in [2.24, 2.45) is 5.92 Å². The second-order valence-electron chi connectivity index (χ2n) is 8.52. The molecule has 29 heavy (non-hydrogen) atoms. The van der Waals surface area contributed by atoms with Gasteiger partial charge in [-0.15, -0.1) is 0 Å². The van der Waals surface area contributed by atoms with Crippen molar-refractivity contribution in [3.05, 3.63) is 29.8 Å². The average molecular weight is 400 g/mol. The number of carboxylic acids is 1. The lowest BCUT2D eigenvalue weighted by molar-refractivity contribution is -0.146. The number of ether oxygens (including phenoxy) is 1. The van der Waals surface area contributed by atoms with Crippen LogP contribution in [0.3, 0.4) is 0 Å². The number of fused-ring (bicyclic) bond motifs is 1. The van der Waals surface area contributed by atoms with E-state index in [0.29, 0.717) is 64.0 Å². The van der Waals surface area contributed by atoms with Gasteiger partial charge in [0.2, 0.25) is 11.8 Å². The van der Waals surface area contributed by atoms with E-state index in [1.54, 1.807) is 11.8 Å². The number of carbonyl (C=O) groups is 3. The van der Waals surface area contributed by atoms with Crippen molar-refractivity contribution >= 4 is 17.8 Å². The molecule has 1 atom stereocenters. The first-order chi connectivity index (χ1) is 13.9. The first-order valence-electron chi connectivity index (χ1n) is 10.4. The summed E-state index contributed by atoms with van der Waals surface area (Å²) in [5.41, 5.74) is 0.216. The zero-order valence-corrected chi connectivity index (χ0v) is 16.8. The molecule has 3 aliphatic rings. The minimum Gasteiger partial charge on any atom is -0.487 e. The number of aliphatic carboxylic acids is 1. The average Bonchev–Trinajstić information content (AvgIpc) is 2.73. The lowest BCUT2D eigenvalue weighted by Gasteiger charge is -2.46. The molecule has 2 saturated heterocycles. The standard InChI is InChI=1S/C22H28N2O5/c1-15(25)23-10-6-16(7-11-23)20(26)24-12-8-22(9-13-24)14-18(21(27)28)17-4-2-3-5-19(17)29-22/h2-5,16,18H,6-14H2,1H3,(H,27,28)/t18-/m0/s1. The highest BCUT2D eigenvalue weighted by Gasteiger charge is 2.46. The summed E-state index contributed by atoms with van der Waals surface area (Å²) in [6.07, 6.45) is 3.15. The van der Waals surface area contributed by atoms with Crippen LogP contribution in [-0.4, -0.2) is 64.5 Å². The van der Waals surface area contributed by atoms with Gasteiger partial charge < -0.3 is 19.6 Å². The van der Waals surface area contributed by atoms with Crippen LogP contribution in [0.5, 0.6) is 5.75 Å². The number of hydrogen-bond acceptors (Lipinski definition) is 4. The fourth-order valence-electron chi connectivity index (χ4n) is 4.98. The Bertz CT molecular complexity index is 807. The minimum absolute atomic E-state index is 0.0283. The van der Waals surface area contributed by atoms with E-state index in [1.807, 2.05) is 29.2 Å². The van der Waals surface area contributed by atoms with Crippen molar-refractivity contribution in [1.29, 1.82) is 0 Å². The maximum Gasteiger partial charge on any atom is 0.311 e.